The van der Waals surface area contributed by atoms with Gasteiger partial charge in [-0.3, -0.25) is 4.79 Å². The van der Waals surface area contributed by atoms with Crippen molar-refractivity contribution in [1.29, 1.82) is 0 Å². The van der Waals surface area contributed by atoms with E-state index < -0.39 is 0 Å². The molecule has 1 amide bonds. The van der Waals surface area contributed by atoms with Gasteiger partial charge in [0.05, 0.1) is 7.11 Å². The fourth-order valence-corrected chi connectivity index (χ4v) is 4.60. The predicted molar refractivity (Wildman–Crippen MR) is 103 cm³/mol. The van der Waals surface area contributed by atoms with Crippen molar-refractivity contribution >= 4 is 18.3 Å². The minimum atomic E-state index is 0. The summed E-state index contributed by atoms with van der Waals surface area (Å²) < 4.78 is 5.19. The number of ether oxygens (including phenoxy) is 1. The highest BCUT2D eigenvalue weighted by atomic mass is 35.5. The molecule has 3 N–H and O–H groups in total. The van der Waals surface area contributed by atoms with Crippen LogP contribution in [-0.4, -0.2) is 25.1 Å². The molecule has 5 heteroatoms. The van der Waals surface area contributed by atoms with Gasteiger partial charge in [-0.2, -0.15) is 0 Å². The largest absolute Gasteiger partial charge is 0.497 e. The third kappa shape index (κ3) is 4.89. The molecule has 0 heterocycles. The van der Waals surface area contributed by atoms with Crippen LogP contribution in [0.1, 0.15) is 56.9 Å². The fourth-order valence-electron chi connectivity index (χ4n) is 4.60. The number of fused-ring (bicyclic) bond motifs is 2. The Bertz CT molecular complexity index is 549. The minimum Gasteiger partial charge on any atom is -0.497 e. The summed E-state index contributed by atoms with van der Waals surface area (Å²) in [7, 11) is 1.67. The maximum absolute atomic E-state index is 12.6. The normalized spacial score (nSPS) is 29.2. The number of carbonyl (C=O) groups excluding carboxylic acids is 1. The monoisotopic (exact) mass is 366 g/mol. The summed E-state index contributed by atoms with van der Waals surface area (Å²) in [6, 6.07) is 8.67. The zero-order chi connectivity index (χ0) is 17.1. The first-order valence-corrected chi connectivity index (χ1v) is 9.25. The van der Waals surface area contributed by atoms with Gasteiger partial charge < -0.3 is 15.8 Å². The summed E-state index contributed by atoms with van der Waals surface area (Å²) in [6.45, 7) is 2.11. The van der Waals surface area contributed by atoms with Crippen LogP contribution in [0.15, 0.2) is 24.3 Å². The van der Waals surface area contributed by atoms with Crippen molar-refractivity contribution in [3.63, 3.8) is 0 Å². The molecule has 1 aromatic carbocycles. The quantitative estimate of drug-likeness (QED) is 0.836. The zero-order valence-electron chi connectivity index (χ0n) is 15.2. The lowest BCUT2D eigenvalue weighted by molar-refractivity contribution is -0.123. The van der Waals surface area contributed by atoms with E-state index in [-0.39, 0.29) is 24.2 Å². The van der Waals surface area contributed by atoms with Crippen LogP contribution in [0.3, 0.4) is 0 Å². The van der Waals surface area contributed by atoms with Crippen LogP contribution in [0.25, 0.3) is 0 Å². The molecule has 2 aliphatic rings. The van der Waals surface area contributed by atoms with Gasteiger partial charge in [-0.25, -0.2) is 0 Å². The van der Waals surface area contributed by atoms with Gasteiger partial charge in [-0.15, -0.1) is 12.4 Å². The Morgan fingerprint density at radius 1 is 1.24 bits per heavy atom. The van der Waals surface area contributed by atoms with E-state index in [0.29, 0.717) is 30.3 Å². The Kier molecular flexibility index (Phi) is 7.14. The second-order valence-electron chi connectivity index (χ2n) is 7.65. The molecule has 2 saturated carbocycles. The van der Waals surface area contributed by atoms with Crippen LogP contribution >= 0.6 is 12.4 Å². The molecule has 2 fully saturated rings. The van der Waals surface area contributed by atoms with Gasteiger partial charge in [0.1, 0.15) is 5.75 Å². The van der Waals surface area contributed by atoms with E-state index in [9.17, 15) is 4.79 Å². The van der Waals surface area contributed by atoms with E-state index in [0.717, 1.165) is 18.6 Å². The van der Waals surface area contributed by atoms with Gasteiger partial charge in [-0.1, -0.05) is 25.5 Å². The van der Waals surface area contributed by atoms with Crippen LogP contribution in [0, 0.1) is 11.8 Å². The van der Waals surface area contributed by atoms with Crippen molar-refractivity contribution in [3.8, 4) is 5.75 Å². The molecule has 2 bridgehead atoms. The maximum Gasteiger partial charge on any atom is 0.220 e. The smallest absolute Gasteiger partial charge is 0.220 e. The first kappa shape index (κ1) is 20.1. The Morgan fingerprint density at radius 3 is 2.40 bits per heavy atom. The predicted octanol–water partition coefficient (Wildman–Crippen LogP) is 3.63. The summed E-state index contributed by atoms with van der Waals surface area (Å²) in [5.74, 6) is 2.39. The van der Waals surface area contributed by atoms with E-state index in [1.165, 1.54) is 24.8 Å². The number of hydrogen-bond donors (Lipinski definition) is 2. The standard InChI is InChI=1S/C20H30N2O2.ClH/c1-13(14-6-8-18(24-2)9-7-14)10-19(23)22-20-15-4-3-5-16(20)12-17(21)11-15;/h6-9,13,15-17,20H,3-5,10-12,21H2,1-2H3,(H,22,23);1H. The van der Waals surface area contributed by atoms with Gasteiger partial charge in [0.25, 0.3) is 0 Å². The minimum absolute atomic E-state index is 0. The molecule has 3 rings (SSSR count). The Labute approximate surface area is 157 Å². The highest BCUT2D eigenvalue weighted by molar-refractivity contribution is 5.85. The van der Waals surface area contributed by atoms with Crippen molar-refractivity contribution in [2.24, 2.45) is 17.6 Å². The lowest BCUT2D eigenvalue weighted by Gasteiger charge is -2.45. The number of hydrogen-bond acceptors (Lipinski definition) is 3. The van der Waals surface area contributed by atoms with E-state index in [1.807, 2.05) is 24.3 Å². The highest BCUT2D eigenvalue weighted by Crippen LogP contribution is 2.39. The first-order valence-electron chi connectivity index (χ1n) is 9.25. The van der Waals surface area contributed by atoms with E-state index in [1.54, 1.807) is 7.11 Å². The average Bonchev–Trinajstić information content (AvgIpc) is 2.55. The molecule has 25 heavy (non-hydrogen) atoms. The maximum atomic E-state index is 12.6. The van der Waals surface area contributed by atoms with Crippen LogP contribution in [0.4, 0.5) is 0 Å². The van der Waals surface area contributed by atoms with Gasteiger partial charge in [0.2, 0.25) is 5.91 Å². The molecule has 3 atom stereocenters. The van der Waals surface area contributed by atoms with Crippen LogP contribution in [-0.2, 0) is 4.79 Å². The second-order valence-corrected chi connectivity index (χ2v) is 7.65. The highest BCUT2D eigenvalue weighted by Gasteiger charge is 2.39. The first-order chi connectivity index (χ1) is 11.6. The topological polar surface area (TPSA) is 64.3 Å². The molecule has 0 spiro atoms. The van der Waals surface area contributed by atoms with Crippen LogP contribution in [0.2, 0.25) is 0 Å². The lowest BCUT2D eigenvalue weighted by atomic mass is 9.67. The van der Waals surface area contributed by atoms with Gasteiger partial charge >= 0.3 is 0 Å². The number of amides is 1. The summed E-state index contributed by atoms with van der Waals surface area (Å²) >= 11 is 0. The van der Waals surface area contributed by atoms with E-state index >= 15 is 0 Å². The van der Waals surface area contributed by atoms with Crippen molar-refractivity contribution < 1.29 is 9.53 Å². The number of nitrogens with two attached hydrogens (primary N) is 1. The third-order valence-corrected chi connectivity index (χ3v) is 5.88. The summed E-state index contributed by atoms with van der Waals surface area (Å²) in [5, 5.41) is 3.35. The van der Waals surface area contributed by atoms with Gasteiger partial charge in [-0.05, 0) is 61.1 Å². The zero-order valence-corrected chi connectivity index (χ0v) is 16.1. The molecule has 0 radical (unpaired) electrons. The van der Waals surface area contributed by atoms with Gasteiger partial charge in [0.15, 0.2) is 0 Å². The number of nitrogens with one attached hydrogen (secondary N) is 1. The summed E-state index contributed by atoms with van der Waals surface area (Å²) in [5.41, 5.74) is 7.35. The number of methoxy groups -OCH3 is 1. The molecule has 3 unspecified atom stereocenters. The summed E-state index contributed by atoms with van der Waals surface area (Å²) in [4.78, 5) is 12.6. The van der Waals surface area contributed by atoms with E-state index in [4.69, 9.17) is 10.5 Å². The Hall–Kier alpha value is -1.26. The van der Waals surface area contributed by atoms with Crippen LogP contribution < -0.4 is 15.8 Å². The molecule has 4 nitrogen and oxygen atoms in total. The van der Waals surface area contributed by atoms with E-state index in [2.05, 4.69) is 12.2 Å². The number of rotatable bonds is 5. The summed E-state index contributed by atoms with van der Waals surface area (Å²) in [6.07, 6.45) is 6.38. The van der Waals surface area contributed by atoms with Gasteiger partial charge in [0, 0.05) is 18.5 Å². The molecule has 140 valence electrons. The Balaban J connectivity index is 0.00000225. The average molecular weight is 367 g/mol. The number of carbonyl (C=O) groups is 1. The van der Waals surface area contributed by atoms with Crippen molar-refractivity contribution in [3.05, 3.63) is 29.8 Å². The number of benzene rings is 1. The van der Waals surface area contributed by atoms with Crippen LogP contribution in [0.5, 0.6) is 5.75 Å². The molecule has 0 aliphatic heterocycles. The molecule has 0 saturated heterocycles. The SMILES string of the molecule is COc1ccc(C(C)CC(=O)NC2C3CCCC2CC(N)C3)cc1.Cl. The van der Waals surface area contributed by atoms with Crippen molar-refractivity contribution in [2.75, 3.05) is 7.11 Å². The second kappa shape index (κ2) is 8.91. The lowest BCUT2D eigenvalue weighted by Crippen LogP contribution is -2.53. The van der Waals surface area contributed by atoms with Crippen molar-refractivity contribution in [1.82, 2.24) is 5.32 Å². The Morgan fingerprint density at radius 2 is 1.84 bits per heavy atom. The molecular weight excluding hydrogens is 336 g/mol. The molecular formula is C20H31ClN2O2. The molecule has 1 aromatic rings. The third-order valence-electron chi connectivity index (χ3n) is 5.88. The number of halogens is 1. The molecule has 2 aliphatic carbocycles. The fraction of sp³-hybridized carbons (Fsp3) is 0.650. The molecule has 0 aromatic heterocycles. The van der Waals surface area contributed by atoms with Crippen molar-refractivity contribution in [2.45, 2.75) is 63.5 Å².